The van der Waals surface area contributed by atoms with Crippen molar-refractivity contribution in [2.45, 2.75) is 46.1 Å². The van der Waals surface area contributed by atoms with Crippen molar-refractivity contribution < 1.29 is 4.79 Å². The number of rotatable bonds is 7. The lowest BCUT2D eigenvalue weighted by molar-refractivity contribution is 0.207. The molecule has 0 aliphatic carbocycles. The summed E-state index contributed by atoms with van der Waals surface area (Å²) in [5.41, 5.74) is 1.99. The molecule has 0 aromatic carbocycles. The highest BCUT2D eigenvalue weighted by Gasteiger charge is 2.18. The highest BCUT2D eigenvalue weighted by Crippen LogP contribution is 2.20. The van der Waals surface area contributed by atoms with E-state index in [4.69, 9.17) is 0 Å². The van der Waals surface area contributed by atoms with Crippen LogP contribution in [0.3, 0.4) is 0 Å². The van der Waals surface area contributed by atoms with Crippen molar-refractivity contribution in [3.05, 3.63) is 17.5 Å². The van der Waals surface area contributed by atoms with Gasteiger partial charge in [-0.05, 0) is 18.2 Å². The molecule has 1 heterocycles. The Balaban J connectivity index is 2.36. The Labute approximate surface area is 132 Å². The molecule has 0 spiro atoms. The van der Waals surface area contributed by atoms with Crippen LogP contribution in [0.5, 0.6) is 0 Å². The summed E-state index contributed by atoms with van der Waals surface area (Å²) in [6.07, 6.45) is 1.18. The Morgan fingerprint density at radius 3 is 2.71 bits per heavy atom. The molecular weight excluding hydrogens is 284 g/mol. The second kappa shape index (κ2) is 8.32. The number of nitrogens with one attached hydrogen (secondary N) is 2. The second-order valence-corrected chi connectivity index (χ2v) is 7.45. The average Bonchev–Trinajstić information content (AvgIpc) is 2.86. The summed E-state index contributed by atoms with van der Waals surface area (Å²) in [6.45, 7) is 9.78. The first-order valence-corrected chi connectivity index (χ1v) is 8.61. The minimum Gasteiger partial charge on any atom is -0.337 e. The fraction of sp³-hybridized carbons (Fsp3) is 0.733. The van der Waals surface area contributed by atoms with Crippen LogP contribution in [0.1, 0.15) is 45.5 Å². The molecule has 0 saturated carbocycles. The van der Waals surface area contributed by atoms with Crippen LogP contribution in [0.4, 0.5) is 4.79 Å². The van der Waals surface area contributed by atoms with E-state index in [0.29, 0.717) is 13.1 Å². The SMILES string of the molecule is CCCSCCNC(=O)N(C)Cc1cc(C(C)(C)C)n[nH]1. The second-order valence-electron chi connectivity index (χ2n) is 6.23. The zero-order valence-electron chi connectivity index (χ0n) is 13.8. The quantitative estimate of drug-likeness (QED) is 0.761. The molecular formula is C15H28N4OS. The Hall–Kier alpha value is -1.17. The number of hydrogen-bond acceptors (Lipinski definition) is 3. The smallest absolute Gasteiger partial charge is 0.317 e. The van der Waals surface area contributed by atoms with E-state index in [2.05, 4.69) is 43.2 Å². The maximum Gasteiger partial charge on any atom is 0.317 e. The Morgan fingerprint density at radius 2 is 2.14 bits per heavy atom. The summed E-state index contributed by atoms with van der Waals surface area (Å²) in [4.78, 5) is 13.6. The van der Waals surface area contributed by atoms with E-state index >= 15 is 0 Å². The lowest BCUT2D eigenvalue weighted by Gasteiger charge is -2.17. The number of carbonyl (C=O) groups is 1. The van der Waals surface area contributed by atoms with Crippen molar-refractivity contribution in [2.75, 3.05) is 25.1 Å². The molecule has 0 aliphatic heterocycles. The van der Waals surface area contributed by atoms with Crippen LogP contribution in [-0.2, 0) is 12.0 Å². The van der Waals surface area contributed by atoms with Gasteiger partial charge in [-0.15, -0.1) is 0 Å². The highest BCUT2D eigenvalue weighted by molar-refractivity contribution is 7.99. The van der Waals surface area contributed by atoms with Crippen LogP contribution in [0.25, 0.3) is 0 Å². The highest BCUT2D eigenvalue weighted by atomic mass is 32.2. The average molecular weight is 312 g/mol. The van der Waals surface area contributed by atoms with E-state index < -0.39 is 0 Å². The molecule has 2 amide bonds. The topological polar surface area (TPSA) is 61.0 Å². The van der Waals surface area contributed by atoms with Gasteiger partial charge in [-0.25, -0.2) is 4.79 Å². The number of amides is 2. The van der Waals surface area contributed by atoms with E-state index in [1.165, 1.54) is 6.42 Å². The van der Waals surface area contributed by atoms with Gasteiger partial charge in [0, 0.05) is 24.8 Å². The molecule has 0 aliphatic rings. The van der Waals surface area contributed by atoms with Gasteiger partial charge in [-0.1, -0.05) is 27.7 Å². The fourth-order valence-corrected chi connectivity index (χ4v) is 2.50. The predicted molar refractivity (Wildman–Crippen MR) is 89.8 cm³/mol. The first-order valence-electron chi connectivity index (χ1n) is 7.46. The van der Waals surface area contributed by atoms with Crippen LogP contribution in [0.2, 0.25) is 0 Å². The van der Waals surface area contributed by atoms with E-state index in [9.17, 15) is 4.79 Å². The molecule has 0 bridgehead atoms. The molecule has 0 radical (unpaired) electrons. The van der Waals surface area contributed by atoms with Crippen molar-refractivity contribution in [3.63, 3.8) is 0 Å². The summed E-state index contributed by atoms with van der Waals surface area (Å²) in [5.74, 6) is 2.11. The largest absolute Gasteiger partial charge is 0.337 e. The number of urea groups is 1. The molecule has 0 atom stereocenters. The Morgan fingerprint density at radius 1 is 1.43 bits per heavy atom. The molecule has 1 aromatic rings. The molecule has 120 valence electrons. The molecule has 2 N–H and O–H groups in total. The molecule has 5 nitrogen and oxygen atoms in total. The molecule has 6 heteroatoms. The Bertz CT molecular complexity index is 439. The van der Waals surface area contributed by atoms with E-state index in [1.54, 1.807) is 11.9 Å². The molecule has 0 unspecified atom stereocenters. The zero-order chi connectivity index (χ0) is 15.9. The van der Waals surface area contributed by atoms with E-state index in [0.717, 1.165) is 22.9 Å². The molecule has 21 heavy (non-hydrogen) atoms. The van der Waals surface area contributed by atoms with Gasteiger partial charge in [0.1, 0.15) is 0 Å². The molecule has 1 aromatic heterocycles. The van der Waals surface area contributed by atoms with Gasteiger partial charge in [0.2, 0.25) is 0 Å². The first kappa shape index (κ1) is 17.9. The van der Waals surface area contributed by atoms with Crippen molar-refractivity contribution in [2.24, 2.45) is 0 Å². The minimum atomic E-state index is -0.0426. The number of aromatic amines is 1. The van der Waals surface area contributed by atoms with Crippen molar-refractivity contribution in [1.29, 1.82) is 0 Å². The monoisotopic (exact) mass is 312 g/mol. The van der Waals surface area contributed by atoms with Crippen LogP contribution in [0, 0.1) is 0 Å². The number of hydrogen-bond donors (Lipinski definition) is 2. The summed E-state index contributed by atoms with van der Waals surface area (Å²) in [5, 5.41) is 10.2. The van der Waals surface area contributed by atoms with Gasteiger partial charge in [0.15, 0.2) is 0 Å². The normalized spacial score (nSPS) is 11.5. The van der Waals surface area contributed by atoms with Gasteiger partial charge < -0.3 is 10.2 Å². The maximum absolute atomic E-state index is 12.0. The molecule has 1 rings (SSSR count). The standard InChI is InChI=1S/C15H28N4OS/c1-6-8-21-9-7-16-14(20)19(5)11-12-10-13(18-17-12)15(2,3)4/h10H,6-9,11H2,1-5H3,(H,16,20)(H,17,18). The first-order chi connectivity index (χ1) is 9.84. The van der Waals surface area contributed by atoms with Crippen LogP contribution < -0.4 is 5.32 Å². The van der Waals surface area contributed by atoms with Crippen molar-refractivity contribution in [3.8, 4) is 0 Å². The number of H-pyrrole nitrogens is 1. The van der Waals surface area contributed by atoms with E-state index in [-0.39, 0.29) is 11.4 Å². The molecule has 0 fully saturated rings. The third kappa shape index (κ3) is 6.42. The Kier molecular flexibility index (Phi) is 7.08. The summed E-state index contributed by atoms with van der Waals surface area (Å²) in [6, 6.07) is 1.99. The summed E-state index contributed by atoms with van der Waals surface area (Å²) >= 11 is 1.87. The lowest BCUT2D eigenvalue weighted by Crippen LogP contribution is -2.38. The fourth-order valence-electron chi connectivity index (χ4n) is 1.77. The van der Waals surface area contributed by atoms with Crippen molar-refractivity contribution in [1.82, 2.24) is 20.4 Å². The van der Waals surface area contributed by atoms with Crippen LogP contribution in [0.15, 0.2) is 6.07 Å². The van der Waals surface area contributed by atoms with Gasteiger partial charge >= 0.3 is 6.03 Å². The van der Waals surface area contributed by atoms with Crippen LogP contribution >= 0.6 is 11.8 Å². The maximum atomic E-state index is 12.0. The van der Waals surface area contributed by atoms with Gasteiger partial charge in [-0.2, -0.15) is 16.9 Å². The third-order valence-corrected chi connectivity index (χ3v) is 4.21. The van der Waals surface area contributed by atoms with Gasteiger partial charge in [0.05, 0.1) is 17.9 Å². The van der Waals surface area contributed by atoms with Gasteiger partial charge in [-0.3, -0.25) is 5.10 Å². The minimum absolute atomic E-state index is 0.0199. The zero-order valence-corrected chi connectivity index (χ0v) is 14.6. The molecule has 0 saturated heterocycles. The van der Waals surface area contributed by atoms with Gasteiger partial charge in [0.25, 0.3) is 0 Å². The number of thioether (sulfide) groups is 1. The summed E-state index contributed by atoms with van der Waals surface area (Å²) < 4.78 is 0. The number of nitrogens with zero attached hydrogens (tertiary/aromatic N) is 2. The number of carbonyl (C=O) groups excluding carboxylic acids is 1. The summed E-state index contributed by atoms with van der Waals surface area (Å²) in [7, 11) is 1.80. The lowest BCUT2D eigenvalue weighted by atomic mass is 9.92. The van der Waals surface area contributed by atoms with E-state index in [1.807, 2.05) is 17.8 Å². The third-order valence-electron chi connectivity index (χ3n) is 3.02. The van der Waals surface area contributed by atoms with Crippen LogP contribution in [-0.4, -0.2) is 46.2 Å². The number of aromatic nitrogens is 2. The van der Waals surface area contributed by atoms with Crippen molar-refractivity contribution >= 4 is 17.8 Å². The predicted octanol–water partition coefficient (Wildman–Crippen LogP) is 2.99.